The van der Waals surface area contributed by atoms with Crippen LogP contribution >= 0.6 is 0 Å². The van der Waals surface area contributed by atoms with Gasteiger partial charge in [-0.15, -0.1) is 0 Å². The van der Waals surface area contributed by atoms with Crippen LogP contribution in [-0.4, -0.2) is 35.7 Å². The van der Waals surface area contributed by atoms with Crippen LogP contribution in [0.3, 0.4) is 0 Å². The Morgan fingerprint density at radius 3 is 2.15 bits per heavy atom. The van der Waals surface area contributed by atoms with Crippen molar-refractivity contribution in [1.82, 2.24) is 0 Å². The van der Waals surface area contributed by atoms with Crippen LogP contribution in [0.2, 0.25) is 0 Å². The third-order valence-electron chi connectivity index (χ3n) is 3.73. The van der Waals surface area contributed by atoms with E-state index in [0.717, 1.165) is 0 Å². The van der Waals surface area contributed by atoms with Gasteiger partial charge in [0, 0.05) is 12.5 Å². The number of carbonyl (C=O) groups is 1. The van der Waals surface area contributed by atoms with Crippen molar-refractivity contribution in [2.75, 3.05) is 31.4 Å². The average Bonchev–Trinajstić information content (AvgIpc) is 2.67. The minimum absolute atomic E-state index is 0.0421. The molecule has 9 heteroatoms. The van der Waals surface area contributed by atoms with E-state index in [-0.39, 0.29) is 28.6 Å². The fraction of sp³-hybridized carbons (Fsp3) is 0.278. The van der Waals surface area contributed by atoms with E-state index in [9.17, 15) is 13.2 Å². The highest BCUT2D eigenvalue weighted by molar-refractivity contribution is 7.92. The van der Waals surface area contributed by atoms with Crippen molar-refractivity contribution in [3.05, 3.63) is 36.4 Å². The summed E-state index contributed by atoms with van der Waals surface area (Å²) in [5, 5.41) is 2.63. The number of sulfonamides is 1. The van der Waals surface area contributed by atoms with Crippen LogP contribution < -0.4 is 24.2 Å². The van der Waals surface area contributed by atoms with Crippen molar-refractivity contribution >= 4 is 27.3 Å². The summed E-state index contributed by atoms with van der Waals surface area (Å²) >= 11 is 0. The lowest BCUT2D eigenvalue weighted by atomic mass is 10.3. The normalized spacial score (nSPS) is 10.8. The molecule has 146 valence electrons. The van der Waals surface area contributed by atoms with Gasteiger partial charge >= 0.3 is 0 Å². The summed E-state index contributed by atoms with van der Waals surface area (Å²) in [7, 11) is 0.396. The maximum atomic E-state index is 12.8. The molecule has 0 spiro atoms. The van der Waals surface area contributed by atoms with Crippen molar-refractivity contribution in [2.24, 2.45) is 0 Å². The van der Waals surface area contributed by atoms with E-state index >= 15 is 0 Å². The van der Waals surface area contributed by atoms with Gasteiger partial charge in [0.25, 0.3) is 10.0 Å². The Kier molecular flexibility index (Phi) is 6.51. The number of amides is 1. The predicted molar refractivity (Wildman–Crippen MR) is 102 cm³/mol. The fourth-order valence-corrected chi connectivity index (χ4v) is 3.38. The summed E-state index contributed by atoms with van der Waals surface area (Å²) in [5.41, 5.74) is 0.497. The van der Waals surface area contributed by atoms with Gasteiger partial charge in [0.05, 0.1) is 37.6 Å². The van der Waals surface area contributed by atoms with Crippen molar-refractivity contribution in [1.29, 1.82) is 0 Å². The molecular formula is C18H22N2O6S. The smallest absolute Gasteiger partial charge is 0.262 e. The van der Waals surface area contributed by atoms with Gasteiger partial charge in [0.15, 0.2) is 0 Å². The fourth-order valence-electron chi connectivity index (χ4n) is 2.29. The molecule has 0 unspecified atom stereocenters. The van der Waals surface area contributed by atoms with Crippen LogP contribution in [0.5, 0.6) is 17.2 Å². The molecule has 0 aromatic heterocycles. The number of anilines is 2. The summed E-state index contributed by atoms with van der Waals surface area (Å²) in [4.78, 5) is 11.7. The molecule has 0 radical (unpaired) electrons. The van der Waals surface area contributed by atoms with E-state index in [1.807, 2.05) is 0 Å². The Morgan fingerprint density at radius 1 is 0.926 bits per heavy atom. The van der Waals surface area contributed by atoms with Crippen molar-refractivity contribution in [2.45, 2.75) is 18.2 Å². The van der Waals surface area contributed by atoms with Gasteiger partial charge in [0.2, 0.25) is 5.91 Å². The number of carbonyl (C=O) groups excluding carboxylic acids is 1. The number of ether oxygens (including phenoxy) is 3. The number of rotatable bonds is 8. The van der Waals surface area contributed by atoms with Crippen LogP contribution in [0.4, 0.5) is 11.4 Å². The Labute approximate surface area is 158 Å². The number of benzene rings is 2. The number of hydrogen-bond donors (Lipinski definition) is 2. The highest BCUT2D eigenvalue weighted by Crippen LogP contribution is 2.33. The van der Waals surface area contributed by atoms with Crippen molar-refractivity contribution < 1.29 is 27.4 Å². The molecule has 0 aliphatic carbocycles. The second-order valence-electron chi connectivity index (χ2n) is 5.44. The summed E-state index contributed by atoms with van der Waals surface area (Å²) < 4.78 is 43.6. The van der Waals surface area contributed by atoms with Gasteiger partial charge in [-0.25, -0.2) is 8.42 Å². The zero-order chi connectivity index (χ0) is 20.0. The molecule has 8 nitrogen and oxygen atoms in total. The third kappa shape index (κ3) is 4.82. The molecule has 2 aromatic carbocycles. The lowest BCUT2D eigenvalue weighted by Crippen LogP contribution is -2.15. The highest BCUT2D eigenvalue weighted by atomic mass is 32.2. The lowest BCUT2D eigenvalue weighted by Gasteiger charge is -2.15. The second-order valence-corrected chi connectivity index (χ2v) is 7.12. The molecule has 0 aliphatic heterocycles. The summed E-state index contributed by atoms with van der Waals surface area (Å²) in [5.74, 6) is 0.909. The van der Waals surface area contributed by atoms with Crippen LogP contribution in [0.15, 0.2) is 41.3 Å². The zero-order valence-electron chi connectivity index (χ0n) is 15.5. The minimum Gasteiger partial charge on any atom is -0.497 e. The van der Waals surface area contributed by atoms with E-state index < -0.39 is 10.0 Å². The molecule has 0 fully saturated rings. The van der Waals surface area contributed by atoms with Crippen LogP contribution in [-0.2, 0) is 14.8 Å². The van der Waals surface area contributed by atoms with Crippen molar-refractivity contribution in [3.63, 3.8) is 0 Å². The van der Waals surface area contributed by atoms with E-state index in [1.165, 1.54) is 45.6 Å². The maximum Gasteiger partial charge on any atom is 0.262 e. The number of nitrogens with one attached hydrogen (secondary N) is 2. The molecule has 0 aliphatic rings. The van der Waals surface area contributed by atoms with E-state index in [1.54, 1.807) is 19.1 Å². The highest BCUT2D eigenvalue weighted by Gasteiger charge is 2.20. The zero-order valence-corrected chi connectivity index (χ0v) is 16.3. The largest absolute Gasteiger partial charge is 0.497 e. The number of hydrogen-bond acceptors (Lipinski definition) is 6. The van der Waals surface area contributed by atoms with Gasteiger partial charge in [-0.1, -0.05) is 6.92 Å². The Bertz CT molecular complexity index is 927. The molecule has 27 heavy (non-hydrogen) atoms. The lowest BCUT2D eigenvalue weighted by molar-refractivity contribution is -0.115. The molecule has 0 heterocycles. The molecule has 0 bridgehead atoms. The van der Waals surface area contributed by atoms with Crippen molar-refractivity contribution in [3.8, 4) is 17.2 Å². The van der Waals surface area contributed by atoms with Gasteiger partial charge in [0.1, 0.15) is 17.2 Å². The first-order valence-corrected chi connectivity index (χ1v) is 9.55. The van der Waals surface area contributed by atoms with Crippen LogP contribution in [0.1, 0.15) is 13.3 Å². The predicted octanol–water partition coefficient (Wildman–Crippen LogP) is 2.86. The summed E-state index contributed by atoms with van der Waals surface area (Å²) in [6.07, 6.45) is 0.249. The van der Waals surface area contributed by atoms with Gasteiger partial charge in [-0.2, -0.15) is 0 Å². The summed E-state index contributed by atoms with van der Waals surface area (Å²) in [6.45, 7) is 1.69. The Balaban J connectivity index is 2.42. The Morgan fingerprint density at radius 2 is 1.56 bits per heavy atom. The van der Waals surface area contributed by atoms with Crippen LogP contribution in [0.25, 0.3) is 0 Å². The van der Waals surface area contributed by atoms with Gasteiger partial charge in [-0.05, 0) is 30.3 Å². The standard InChI is InChI=1S/C18H22N2O6S/c1-5-18(21)19-14-11-13(7-9-16(14)25-3)27(22,23)20-15-10-12(24-2)6-8-17(15)26-4/h6-11,20H,5H2,1-4H3,(H,19,21). The molecule has 2 aromatic rings. The molecule has 0 saturated heterocycles. The van der Waals surface area contributed by atoms with E-state index in [2.05, 4.69) is 10.0 Å². The topological polar surface area (TPSA) is 103 Å². The first-order chi connectivity index (χ1) is 12.8. The first-order valence-electron chi connectivity index (χ1n) is 8.07. The third-order valence-corrected chi connectivity index (χ3v) is 5.09. The number of methoxy groups -OCH3 is 3. The van der Waals surface area contributed by atoms with Gasteiger partial charge < -0.3 is 19.5 Å². The molecular weight excluding hydrogens is 372 g/mol. The molecule has 2 rings (SSSR count). The molecule has 0 atom stereocenters. The minimum atomic E-state index is -3.95. The summed E-state index contributed by atoms with van der Waals surface area (Å²) in [6, 6.07) is 8.96. The van der Waals surface area contributed by atoms with E-state index in [0.29, 0.717) is 17.2 Å². The average molecular weight is 394 g/mol. The first kappa shape index (κ1) is 20.4. The SMILES string of the molecule is CCC(=O)Nc1cc(S(=O)(=O)Nc2cc(OC)ccc2OC)ccc1OC. The molecule has 1 amide bonds. The van der Waals surface area contributed by atoms with E-state index in [4.69, 9.17) is 14.2 Å². The van der Waals surface area contributed by atoms with Gasteiger partial charge in [-0.3, -0.25) is 9.52 Å². The Hall–Kier alpha value is -2.94. The van der Waals surface area contributed by atoms with Crippen LogP contribution in [0, 0.1) is 0 Å². The molecule has 0 saturated carbocycles. The quantitative estimate of drug-likeness (QED) is 0.714. The monoisotopic (exact) mass is 394 g/mol. The maximum absolute atomic E-state index is 12.8. The second kappa shape index (κ2) is 8.63. The molecule has 2 N–H and O–H groups in total.